The van der Waals surface area contributed by atoms with Gasteiger partial charge in [-0.3, -0.25) is 29.7 Å². The van der Waals surface area contributed by atoms with E-state index in [9.17, 15) is 24.3 Å². The number of aromatic nitrogens is 8. The van der Waals surface area contributed by atoms with E-state index in [1.807, 2.05) is 34.1 Å². The van der Waals surface area contributed by atoms with E-state index in [0.717, 1.165) is 88.2 Å². The van der Waals surface area contributed by atoms with Crippen LogP contribution < -0.4 is 11.1 Å². The molecule has 2 aliphatic heterocycles. The molecule has 2 saturated carbocycles. The largest absolute Gasteiger partial charge is 0.478 e. The molecule has 6 N–H and O–H groups in total. The second-order valence-corrected chi connectivity index (χ2v) is 30.3. The number of amides is 3. The number of anilines is 2. The molecule has 0 bridgehead atoms. The van der Waals surface area contributed by atoms with Crippen molar-refractivity contribution in [1.29, 1.82) is 0 Å². The van der Waals surface area contributed by atoms with Crippen LogP contribution in [-0.4, -0.2) is 103 Å². The third-order valence-electron chi connectivity index (χ3n) is 17.7. The summed E-state index contributed by atoms with van der Waals surface area (Å²) in [5.74, 6) is -0.192. The second-order valence-electron chi connectivity index (χ2n) is 28.6. The van der Waals surface area contributed by atoms with Gasteiger partial charge in [-0.25, -0.2) is 4.79 Å². The van der Waals surface area contributed by atoms with E-state index in [0.29, 0.717) is 60.0 Å². The highest BCUT2D eigenvalue weighted by Crippen LogP contribution is 2.53. The van der Waals surface area contributed by atoms with Crippen molar-refractivity contribution in [1.82, 2.24) is 51.0 Å². The molecule has 4 aliphatic rings. The van der Waals surface area contributed by atoms with Gasteiger partial charge >= 0.3 is 5.97 Å². The number of aromatic amines is 2. The molecule has 3 amide bonds. The van der Waals surface area contributed by atoms with Gasteiger partial charge in [0.25, 0.3) is 29.6 Å². The molecule has 0 radical (unpaired) electrons. The molecule has 2 spiro atoms. The summed E-state index contributed by atoms with van der Waals surface area (Å²) in [7, 11) is 0. The van der Waals surface area contributed by atoms with Gasteiger partial charge in [0.2, 0.25) is 0 Å². The van der Waals surface area contributed by atoms with Crippen LogP contribution in [0.25, 0.3) is 0 Å². The first-order chi connectivity index (χ1) is 41.6. The number of carboxylic acid groups (broad SMARTS) is 1. The number of nitrogens with zero attached hydrogens (tertiary/aromatic N) is 10. The van der Waals surface area contributed by atoms with Gasteiger partial charge in [-0.05, 0) is 193 Å². The van der Waals surface area contributed by atoms with Crippen LogP contribution in [0, 0.1) is 33.5 Å². The standard InChI is InChI=1S/C33H41Cl2N7O2.C32H40Cl2N2O3.CH3N5/c1-31(2,3)14-13-26(20-7-9-21(10-8-20)28(43)36-30-38-40-41-39-30)42-29(44)27(22-17-24(34)19-25(35)18-22)37-33(42)15-11-23(12-16-33)32(4,5)6;1-30(2,3)14-13-26(20-7-9-21(10-8-20)29(38)39)36-28(37)27(22-17-24(33)19-25(34)18-22)35-32(36)15-11-23(12-16-32)31(4,5)6;2-1-3-5-6-4-1/h7-10,17-19,23,26H,11-16H2,1-6H3,(H2,36,38,39,40,41,43);7-10,17-19,23,26H,11-16H2,1-6H3,(H,38,39);(H3,2,3,4,5,6)/t23?,26-,33?;23?,26-,32?;/m11./s1. The van der Waals surface area contributed by atoms with Crippen LogP contribution in [0.2, 0.25) is 20.1 Å². The molecule has 2 aromatic heterocycles. The summed E-state index contributed by atoms with van der Waals surface area (Å²) in [6.45, 7) is 26.9. The quantitative estimate of drug-likeness (QED) is 0.0723. The van der Waals surface area contributed by atoms with E-state index in [4.69, 9.17) is 62.1 Å². The minimum absolute atomic E-state index is 0.0483. The Morgan fingerprint density at radius 1 is 0.584 bits per heavy atom. The van der Waals surface area contributed by atoms with Gasteiger partial charge in [-0.2, -0.15) is 10.4 Å². The van der Waals surface area contributed by atoms with E-state index < -0.39 is 17.3 Å². The molecule has 2 atom stereocenters. The van der Waals surface area contributed by atoms with E-state index in [1.54, 1.807) is 60.7 Å². The Hall–Kier alpha value is -6.80. The minimum Gasteiger partial charge on any atom is -0.478 e. The molecule has 2 aliphatic carbocycles. The van der Waals surface area contributed by atoms with Crippen LogP contribution in [0.1, 0.15) is 215 Å². The molecule has 10 rings (SSSR count). The molecule has 476 valence electrons. The van der Waals surface area contributed by atoms with Gasteiger partial charge in [0, 0.05) is 36.8 Å². The Morgan fingerprint density at radius 2 is 0.955 bits per heavy atom. The fourth-order valence-corrected chi connectivity index (χ4v) is 13.8. The van der Waals surface area contributed by atoms with Gasteiger partial charge in [-0.15, -0.1) is 10.2 Å². The molecule has 23 heteroatoms. The predicted molar refractivity (Wildman–Crippen MR) is 351 cm³/mol. The summed E-state index contributed by atoms with van der Waals surface area (Å²) in [5.41, 5.74) is 8.70. The van der Waals surface area contributed by atoms with E-state index >= 15 is 0 Å². The fraction of sp³-hybridized carbons (Fsp3) is 0.515. The molecule has 6 aromatic rings. The van der Waals surface area contributed by atoms with Gasteiger partial charge < -0.3 is 20.6 Å². The number of nitrogens with one attached hydrogen (secondary N) is 3. The Kier molecular flexibility index (Phi) is 20.9. The third kappa shape index (κ3) is 17.0. The number of rotatable bonds is 13. The van der Waals surface area contributed by atoms with Crippen LogP contribution in [0.5, 0.6) is 0 Å². The number of tetrazole rings is 2. The number of H-pyrrole nitrogens is 2. The summed E-state index contributed by atoms with van der Waals surface area (Å²) >= 11 is 25.5. The number of nitrogen functional groups attached to an aromatic ring is 1. The lowest BCUT2D eigenvalue weighted by atomic mass is 9.69. The lowest BCUT2D eigenvalue weighted by Gasteiger charge is -2.47. The van der Waals surface area contributed by atoms with Gasteiger partial charge in [-0.1, -0.05) is 164 Å². The number of carboxylic acids is 1. The summed E-state index contributed by atoms with van der Waals surface area (Å²) in [6, 6.07) is 24.3. The zero-order valence-electron chi connectivity index (χ0n) is 53.0. The summed E-state index contributed by atoms with van der Waals surface area (Å²) in [6.07, 6.45) is 10.3. The van der Waals surface area contributed by atoms with Crippen molar-refractivity contribution in [3.05, 3.63) is 138 Å². The highest BCUT2D eigenvalue weighted by atomic mass is 35.5. The number of carbonyl (C=O) groups is 4. The maximum absolute atomic E-state index is 14.6. The monoisotopic (exact) mass is 1290 g/mol. The summed E-state index contributed by atoms with van der Waals surface area (Å²) in [5, 5.41) is 39.4. The molecule has 4 heterocycles. The molecule has 0 saturated heterocycles. The zero-order chi connectivity index (χ0) is 65.0. The number of hydrogen-bond acceptors (Lipinski definition) is 13. The van der Waals surface area contributed by atoms with Crippen molar-refractivity contribution >= 4 is 93.4 Å². The Bertz CT molecular complexity index is 3470. The van der Waals surface area contributed by atoms with Gasteiger partial charge in [0.1, 0.15) is 22.7 Å². The first kappa shape index (κ1) is 68.1. The van der Waals surface area contributed by atoms with Crippen LogP contribution in [-0.2, 0) is 9.59 Å². The number of nitrogens with two attached hydrogens (primary N) is 1. The van der Waals surface area contributed by atoms with E-state index in [-0.39, 0.29) is 68.9 Å². The number of benzene rings is 4. The first-order valence-corrected chi connectivity index (χ1v) is 31.9. The van der Waals surface area contributed by atoms with Crippen LogP contribution in [0.15, 0.2) is 94.9 Å². The third-order valence-corrected chi connectivity index (χ3v) is 18.5. The number of carbonyl (C=O) groups excluding carboxylic acids is 3. The van der Waals surface area contributed by atoms with Crippen molar-refractivity contribution in [3.63, 3.8) is 0 Å². The molecular formula is C66H84Cl4N14O5. The SMILES string of the molecule is CC(C)(C)CC[C@H](c1ccc(C(=O)Nc2nn[nH]n2)cc1)N1C(=O)C(c2cc(Cl)cc(Cl)c2)=NC12CCC(C(C)(C)C)CC2.CC(C)(C)CC[C@H](c1ccc(C(=O)O)cc1)N1C(=O)C(c2cc(Cl)cc(Cl)c2)=NC12CCC(C(C)(C)C)CC2.Nc1nn[nH]n1. The average molecular weight is 1300 g/mol. The zero-order valence-corrected chi connectivity index (χ0v) is 56.0. The Labute approximate surface area is 542 Å². The second kappa shape index (κ2) is 27.3. The summed E-state index contributed by atoms with van der Waals surface area (Å²) < 4.78 is 0. The Morgan fingerprint density at radius 3 is 1.26 bits per heavy atom. The first-order valence-electron chi connectivity index (χ1n) is 30.4. The maximum Gasteiger partial charge on any atom is 0.335 e. The van der Waals surface area contributed by atoms with Crippen LogP contribution in [0.4, 0.5) is 11.9 Å². The van der Waals surface area contributed by atoms with Crippen LogP contribution >= 0.6 is 46.4 Å². The molecule has 89 heavy (non-hydrogen) atoms. The van der Waals surface area contributed by atoms with Crippen molar-refractivity contribution in [2.75, 3.05) is 11.1 Å². The van der Waals surface area contributed by atoms with Gasteiger partial charge in [0.15, 0.2) is 0 Å². The van der Waals surface area contributed by atoms with E-state index in [1.165, 1.54) is 0 Å². The van der Waals surface area contributed by atoms with Crippen molar-refractivity contribution in [2.24, 2.45) is 43.5 Å². The summed E-state index contributed by atoms with van der Waals surface area (Å²) in [4.78, 5) is 67.9. The molecular weight excluding hydrogens is 1210 g/mol. The van der Waals surface area contributed by atoms with Crippen molar-refractivity contribution in [3.8, 4) is 0 Å². The maximum atomic E-state index is 14.6. The number of hydrogen-bond donors (Lipinski definition) is 5. The van der Waals surface area contributed by atoms with Crippen molar-refractivity contribution < 1.29 is 24.3 Å². The average Bonchev–Trinajstić information content (AvgIpc) is 1.61. The van der Waals surface area contributed by atoms with Gasteiger partial charge in [0.05, 0.1) is 17.6 Å². The lowest BCUT2D eigenvalue weighted by Crippen LogP contribution is -2.51. The predicted octanol–water partition coefficient (Wildman–Crippen LogP) is 15.5. The van der Waals surface area contributed by atoms with E-state index in [2.05, 4.69) is 130 Å². The normalized spacial score (nSPS) is 21.2. The smallest absolute Gasteiger partial charge is 0.335 e. The highest BCUT2D eigenvalue weighted by Gasteiger charge is 2.55. The molecule has 2 fully saturated rings. The molecule has 4 aromatic carbocycles. The molecule has 19 nitrogen and oxygen atoms in total. The number of aromatic carboxylic acids is 1. The van der Waals surface area contributed by atoms with Crippen LogP contribution in [0.3, 0.4) is 0 Å². The fourth-order valence-electron chi connectivity index (χ4n) is 12.7. The van der Waals surface area contributed by atoms with Crippen molar-refractivity contribution in [2.45, 2.75) is 184 Å². The highest BCUT2D eigenvalue weighted by molar-refractivity contribution is 6.48. The number of aliphatic imine (C=N–C) groups is 2. The lowest BCUT2D eigenvalue weighted by molar-refractivity contribution is -0.134. The topological polar surface area (TPSA) is 267 Å². The Balaban J connectivity index is 0.000000211. The molecule has 0 unspecified atom stereocenters. The minimum atomic E-state index is -0.967. The number of halogens is 4.